The van der Waals surface area contributed by atoms with E-state index < -0.39 is 10.0 Å². The van der Waals surface area contributed by atoms with E-state index >= 15 is 0 Å². The number of carbonyl (C=O) groups is 1. The maximum Gasteiger partial charge on any atom is 0.251 e. The van der Waals surface area contributed by atoms with E-state index in [0.717, 1.165) is 11.3 Å². The van der Waals surface area contributed by atoms with Gasteiger partial charge in [-0.15, -0.1) is 10.2 Å². The fourth-order valence-corrected chi connectivity index (χ4v) is 5.73. The van der Waals surface area contributed by atoms with Gasteiger partial charge in [0.1, 0.15) is 17.9 Å². The number of aromatic nitrogens is 4. The Kier molecular flexibility index (Phi) is 7.31. The van der Waals surface area contributed by atoms with E-state index in [1.165, 1.54) is 4.31 Å². The van der Waals surface area contributed by atoms with Crippen molar-refractivity contribution in [2.24, 2.45) is 0 Å². The van der Waals surface area contributed by atoms with Crippen molar-refractivity contribution in [3.05, 3.63) is 48.5 Å². The van der Waals surface area contributed by atoms with Crippen LogP contribution in [0.4, 0.5) is 5.95 Å². The van der Waals surface area contributed by atoms with Gasteiger partial charge in [0.25, 0.3) is 5.95 Å². The van der Waals surface area contributed by atoms with E-state index in [1.807, 2.05) is 41.8 Å². The molecule has 1 fully saturated rings. The van der Waals surface area contributed by atoms with Crippen molar-refractivity contribution in [3.8, 4) is 5.75 Å². The van der Waals surface area contributed by atoms with Crippen molar-refractivity contribution in [2.45, 2.75) is 31.2 Å². The molecule has 4 aromatic rings. The number of hydrogen-bond donors (Lipinski definition) is 1. The first-order chi connectivity index (χ1) is 18.0. The normalized spacial score (nSPS) is 14.7. The molecule has 0 spiro atoms. The van der Waals surface area contributed by atoms with Gasteiger partial charge in [0.15, 0.2) is 5.65 Å². The lowest BCUT2D eigenvalue weighted by atomic mass is 10.2. The number of sulfonamides is 1. The molecule has 2 aromatic heterocycles. The van der Waals surface area contributed by atoms with Crippen LogP contribution in [0.2, 0.25) is 0 Å². The minimum Gasteiger partial charge on any atom is -0.492 e. The Labute approximate surface area is 214 Å². The van der Waals surface area contributed by atoms with Crippen molar-refractivity contribution in [1.29, 1.82) is 0 Å². The number of anilines is 1. The molecule has 2 aromatic carbocycles. The minimum absolute atomic E-state index is 0.0974. The predicted molar refractivity (Wildman–Crippen MR) is 138 cm³/mol. The van der Waals surface area contributed by atoms with E-state index in [0.29, 0.717) is 68.8 Å². The van der Waals surface area contributed by atoms with Gasteiger partial charge in [0.2, 0.25) is 15.9 Å². The van der Waals surface area contributed by atoms with Gasteiger partial charge in [-0.2, -0.15) is 9.29 Å². The summed E-state index contributed by atoms with van der Waals surface area (Å²) in [6, 6.07) is 14.4. The summed E-state index contributed by atoms with van der Waals surface area (Å²) < 4.78 is 41.1. The molecule has 37 heavy (non-hydrogen) atoms. The Bertz CT molecular complexity index is 1520. The molecule has 0 radical (unpaired) electrons. The van der Waals surface area contributed by atoms with Gasteiger partial charge in [-0.1, -0.05) is 25.1 Å². The van der Waals surface area contributed by atoms with Crippen molar-refractivity contribution < 1.29 is 22.7 Å². The van der Waals surface area contributed by atoms with E-state index in [1.54, 1.807) is 18.2 Å². The van der Waals surface area contributed by atoms with Gasteiger partial charge < -0.3 is 14.0 Å². The zero-order chi connectivity index (χ0) is 25.8. The van der Waals surface area contributed by atoms with Crippen molar-refractivity contribution in [1.82, 2.24) is 24.1 Å². The summed E-state index contributed by atoms with van der Waals surface area (Å²) in [5.41, 5.74) is 1.67. The van der Waals surface area contributed by atoms with Crippen LogP contribution in [0, 0.1) is 0 Å². The second-order valence-corrected chi connectivity index (χ2v) is 10.6. The molecule has 1 N–H and O–H groups in total. The lowest BCUT2D eigenvalue weighted by Crippen LogP contribution is -2.40. The minimum atomic E-state index is -3.70. The number of benzene rings is 2. The molecule has 0 atom stereocenters. The van der Waals surface area contributed by atoms with Crippen LogP contribution in [0.5, 0.6) is 5.75 Å². The van der Waals surface area contributed by atoms with Crippen LogP contribution in [-0.4, -0.2) is 71.3 Å². The number of carbonyl (C=O) groups excluding carboxylic acids is 1. The van der Waals surface area contributed by atoms with Crippen LogP contribution in [0.1, 0.15) is 19.8 Å². The van der Waals surface area contributed by atoms with Crippen molar-refractivity contribution in [2.75, 3.05) is 38.2 Å². The van der Waals surface area contributed by atoms with E-state index in [9.17, 15) is 13.2 Å². The Hall–Kier alpha value is -3.61. The third-order valence-corrected chi connectivity index (χ3v) is 8.00. The number of fused-ring (bicyclic) bond motifs is 3. The maximum absolute atomic E-state index is 13.3. The molecule has 12 heteroatoms. The number of para-hydroxylation sites is 1. The third-order valence-electron chi connectivity index (χ3n) is 6.10. The predicted octanol–water partition coefficient (Wildman–Crippen LogP) is 2.82. The summed E-state index contributed by atoms with van der Waals surface area (Å²) in [7, 11) is -3.70. The first kappa shape index (κ1) is 25.1. The van der Waals surface area contributed by atoms with E-state index in [2.05, 4.69) is 20.5 Å². The van der Waals surface area contributed by atoms with Crippen LogP contribution in [0.25, 0.3) is 22.1 Å². The fourth-order valence-electron chi connectivity index (χ4n) is 4.30. The van der Waals surface area contributed by atoms with Gasteiger partial charge in [0, 0.05) is 24.9 Å². The largest absolute Gasteiger partial charge is 0.492 e. The van der Waals surface area contributed by atoms with Crippen LogP contribution in [0.3, 0.4) is 0 Å². The number of nitrogens with one attached hydrogen (secondary N) is 1. The molecule has 0 unspecified atom stereocenters. The van der Waals surface area contributed by atoms with Crippen LogP contribution in [0.15, 0.2) is 53.4 Å². The number of ether oxygens (including phenoxy) is 2. The smallest absolute Gasteiger partial charge is 0.251 e. The molecule has 1 amide bonds. The van der Waals surface area contributed by atoms with Crippen LogP contribution >= 0.6 is 0 Å². The lowest BCUT2D eigenvalue weighted by Gasteiger charge is -2.26. The highest BCUT2D eigenvalue weighted by molar-refractivity contribution is 7.89. The molecule has 194 valence electrons. The molecular weight excluding hydrogens is 496 g/mol. The first-order valence-electron chi connectivity index (χ1n) is 12.2. The average Bonchev–Trinajstić information content (AvgIpc) is 3.22. The second kappa shape index (κ2) is 10.8. The molecule has 5 rings (SSSR count). The highest BCUT2D eigenvalue weighted by Gasteiger charge is 2.27. The second-order valence-electron chi connectivity index (χ2n) is 8.61. The molecular formula is C25H28N6O5S. The Morgan fingerprint density at radius 1 is 1.11 bits per heavy atom. The number of amides is 1. The zero-order valence-electron chi connectivity index (χ0n) is 20.5. The molecule has 0 bridgehead atoms. The van der Waals surface area contributed by atoms with Crippen molar-refractivity contribution >= 4 is 43.9 Å². The molecule has 0 saturated carbocycles. The standard InChI is InChI=1S/C25H28N6O5S/c1-2-6-22(32)26-25-27-24-23(28-29-25)20-17-19(37(33,34)30-11-14-35-15-12-30)9-10-21(20)31(24)13-16-36-18-7-4-3-5-8-18/h3-5,7-10,17H,2,6,11-16H2,1H3,(H,26,27,29,32). The Morgan fingerprint density at radius 2 is 1.89 bits per heavy atom. The quantitative estimate of drug-likeness (QED) is 0.354. The zero-order valence-corrected chi connectivity index (χ0v) is 21.3. The van der Waals surface area contributed by atoms with Gasteiger partial charge in [-0.3, -0.25) is 10.1 Å². The van der Waals surface area contributed by atoms with E-state index in [4.69, 9.17) is 9.47 Å². The van der Waals surface area contributed by atoms with Crippen LogP contribution in [-0.2, 0) is 26.1 Å². The summed E-state index contributed by atoms with van der Waals surface area (Å²) >= 11 is 0. The van der Waals surface area contributed by atoms with Crippen molar-refractivity contribution in [3.63, 3.8) is 0 Å². The number of hydrogen-bond acceptors (Lipinski definition) is 8. The van der Waals surface area contributed by atoms with Gasteiger partial charge >= 0.3 is 0 Å². The maximum atomic E-state index is 13.3. The molecule has 1 saturated heterocycles. The lowest BCUT2D eigenvalue weighted by molar-refractivity contribution is -0.116. The van der Waals surface area contributed by atoms with E-state index in [-0.39, 0.29) is 16.8 Å². The summed E-state index contributed by atoms with van der Waals surface area (Å²) in [5, 5.41) is 11.7. The molecule has 1 aliphatic rings. The summed E-state index contributed by atoms with van der Waals surface area (Å²) in [6.45, 7) is 4.02. The summed E-state index contributed by atoms with van der Waals surface area (Å²) in [4.78, 5) is 16.9. The summed E-state index contributed by atoms with van der Waals surface area (Å²) in [5.74, 6) is 0.639. The molecule has 0 aliphatic carbocycles. The number of rotatable bonds is 9. The van der Waals surface area contributed by atoms with Gasteiger partial charge in [-0.05, 0) is 36.8 Å². The molecule has 1 aliphatic heterocycles. The monoisotopic (exact) mass is 524 g/mol. The highest BCUT2D eigenvalue weighted by Crippen LogP contribution is 2.30. The fraction of sp³-hybridized carbons (Fsp3) is 0.360. The topological polar surface area (TPSA) is 129 Å². The SMILES string of the molecule is CCCC(=O)Nc1nnc2c3cc(S(=O)(=O)N4CCOCC4)ccc3n(CCOc3ccccc3)c2n1. The highest BCUT2D eigenvalue weighted by atomic mass is 32.2. The summed E-state index contributed by atoms with van der Waals surface area (Å²) in [6.07, 6.45) is 1.04. The average molecular weight is 525 g/mol. The number of nitrogens with zero attached hydrogens (tertiary/aromatic N) is 5. The number of morpholine rings is 1. The van der Waals surface area contributed by atoms with Gasteiger partial charge in [-0.25, -0.2) is 8.42 Å². The molecule has 3 heterocycles. The molecule has 11 nitrogen and oxygen atoms in total. The van der Waals surface area contributed by atoms with Gasteiger partial charge in [0.05, 0.1) is 30.2 Å². The van der Waals surface area contributed by atoms with Crippen LogP contribution < -0.4 is 10.1 Å². The third kappa shape index (κ3) is 5.26. The Morgan fingerprint density at radius 3 is 2.65 bits per heavy atom. The Balaban J connectivity index is 1.54. The first-order valence-corrected chi connectivity index (χ1v) is 13.6.